The van der Waals surface area contributed by atoms with E-state index in [1.54, 1.807) is 0 Å². The third-order valence-corrected chi connectivity index (χ3v) is 3.96. The van der Waals surface area contributed by atoms with Crippen LogP contribution in [0.3, 0.4) is 0 Å². The Morgan fingerprint density at radius 2 is 2.13 bits per heavy atom. The molecule has 1 N–H and O–H groups in total. The molecule has 0 aromatic rings. The summed E-state index contributed by atoms with van der Waals surface area (Å²) in [7, 11) is 2.00. The van der Waals surface area contributed by atoms with Crippen LogP contribution >= 0.6 is 0 Å². The number of piperidine rings is 1. The van der Waals surface area contributed by atoms with Crippen LogP contribution in [0.25, 0.3) is 0 Å². The monoisotopic (exact) mass is 208 g/mol. The lowest BCUT2D eigenvalue weighted by Gasteiger charge is -2.38. The van der Waals surface area contributed by atoms with Crippen LogP contribution in [-0.4, -0.2) is 37.6 Å². The van der Waals surface area contributed by atoms with Crippen molar-refractivity contribution in [2.24, 2.45) is 5.92 Å². The molecule has 1 saturated heterocycles. The lowest BCUT2D eigenvalue weighted by Crippen LogP contribution is -2.43. The van der Waals surface area contributed by atoms with Crippen LogP contribution < -0.4 is 5.32 Å². The molecule has 0 bridgehead atoms. The van der Waals surface area contributed by atoms with Crippen LogP contribution in [0.1, 0.15) is 32.1 Å². The molecule has 2 unspecified atom stereocenters. The quantitative estimate of drug-likeness (QED) is 0.711. The first-order valence-electron chi connectivity index (χ1n) is 6.36. The van der Waals surface area contributed by atoms with E-state index in [0.717, 1.165) is 25.0 Å². The number of hydrogen-bond donors (Lipinski definition) is 1. The first-order chi connectivity index (χ1) is 7.31. The van der Waals surface area contributed by atoms with Crippen molar-refractivity contribution in [2.45, 2.75) is 38.1 Å². The van der Waals surface area contributed by atoms with Crippen molar-refractivity contribution in [1.82, 2.24) is 10.2 Å². The number of fused-ring (bicyclic) bond motifs is 1. The number of likely N-dealkylation sites (N-methyl/N-ethyl adjacent to an activating group) is 1. The summed E-state index contributed by atoms with van der Waals surface area (Å²) >= 11 is 0. The van der Waals surface area contributed by atoms with Gasteiger partial charge in [-0.25, -0.2) is 0 Å². The summed E-state index contributed by atoms with van der Waals surface area (Å²) in [5.41, 5.74) is 1.34. The number of likely N-dealkylation sites (tertiary alicyclic amines) is 1. The Bertz CT molecular complexity index is 225. The number of nitrogens with zero attached hydrogens (tertiary/aromatic N) is 1. The van der Waals surface area contributed by atoms with Gasteiger partial charge in [-0.05, 0) is 50.8 Å². The summed E-state index contributed by atoms with van der Waals surface area (Å²) < 4.78 is 0. The van der Waals surface area contributed by atoms with E-state index in [1.807, 2.05) is 7.05 Å². The van der Waals surface area contributed by atoms with Crippen molar-refractivity contribution < 1.29 is 0 Å². The van der Waals surface area contributed by atoms with Gasteiger partial charge in [-0.3, -0.25) is 4.90 Å². The molecule has 2 atom stereocenters. The van der Waals surface area contributed by atoms with Gasteiger partial charge in [0.25, 0.3) is 0 Å². The Morgan fingerprint density at radius 1 is 1.33 bits per heavy atom. The van der Waals surface area contributed by atoms with Crippen molar-refractivity contribution >= 4 is 0 Å². The molecule has 15 heavy (non-hydrogen) atoms. The minimum atomic E-state index is 0.882. The fourth-order valence-electron chi connectivity index (χ4n) is 3.35. The summed E-state index contributed by atoms with van der Waals surface area (Å²) in [6.45, 7) is 7.52. The summed E-state index contributed by atoms with van der Waals surface area (Å²) in [5, 5.41) is 3.19. The largest absolute Gasteiger partial charge is 0.316 e. The van der Waals surface area contributed by atoms with Crippen LogP contribution in [0.4, 0.5) is 0 Å². The minimum Gasteiger partial charge on any atom is -0.316 e. The molecule has 86 valence electrons. The van der Waals surface area contributed by atoms with Crippen molar-refractivity contribution in [1.29, 1.82) is 0 Å². The van der Waals surface area contributed by atoms with Crippen molar-refractivity contribution in [3.05, 3.63) is 12.2 Å². The molecule has 1 heterocycles. The Morgan fingerprint density at radius 3 is 2.93 bits per heavy atom. The van der Waals surface area contributed by atoms with Crippen molar-refractivity contribution in [3.63, 3.8) is 0 Å². The molecule has 2 rings (SSSR count). The third kappa shape index (κ3) is 2.61. The lowest BCUT2D eigenvalue weighted by atomic mass is 9.91. The second-order valence-corrected chi connectivity index (χ2v) is 5.15. The highest BCUT2D eigenvalue weighted by atomic mass is 15.2. The van der Waals surface area contributed by atoms with Gasteiger partial charge in [0, 0.05) is 19.1 Å². The molecule has 1 aliphatic carbocycles. The lowest BCUT2D eigenvalue weighted by molar-refractivity contribution is 0.124. The summed E-state index contributed by atoms with van der Waals surface area (Å²) in [6.07, 6.45) is 7.22. The summed E-state index contributed by atoms with van der Waals surface area (Å²) in [5.74, 6) is 1.00. The minimum absolute atomic E-state index is 0.882. The highest BCUT2D eigenvalue weighted by Crippen LogP contribution is 2.36. The smallest absolute Gasteiger partial charge is 0.0205 e. The standard InChI is InChI=1S/C13H24N2/c1-11(9-14-2)10-15-8-4-6-12-5-3-7-13(12)15/h12-14H,1,3-10H2,2H3. The molecular weight excluding hydrogens is 184 g/mol. The fraction of sp³-hybridized carbons (Fsp3) is 0.846. The van der Waals surface area contributed by atoms with E-state index in [9.17, 15) is 0 Å². The van der Waals surface area contributed by atoms with Gasteiger partial charge >= 0.3 is 0 Å². The van der Waals surface area contributed by atoms with E-state index in [2.05, 4.69) is 16.8 Å². The second kappa shape index (κ2) is 5.13. The predicted molar refractivity (Wildman–Crippen MR) is 65.0 cm³/mol. The molecule has 0 aromatic carbocycles. The summed E-state index contributed by atoms with van der Waals surface area (Å²) in [4.78, 5) is 2.68. The van der Waals surface area contributed by atoms with E-state index < -0.39 is 0 Å². The van der Waals surface area contributed by atoms with Gasteiger partial charge in [0.15, 0.2) is 0 Å². The molecule has 0 spiro atoms. The van der Waals surface area contributed by atoms with Crippen molar-refractivity contribution in [2.75, 3.05) is 26.7 Å². The first kappa shape index (κ1) is 11.2. The van der Waals surface area contributed by atoms with E-state index in [1.165, 1.54) is 44.2 Å². The molecule has 0 aromatic heterocycles. The van der Waals surface area contributed by atoms with Crippen molar-refractivity contribution in [3.8, 4) is 0 Å². The number of nitrogens with one attached hydrogen (secondary N) is 1. The molecule has 0 amide bonds. The Labute approximate surface area is 93.7 Å². The van der Waals surface area contributed by atoms with Crippen LogP contribution in [0, 0.1) is 5.92 Å². The van der Waals surface area contributed by atoms with Gasteiger partial charge in [-0.2, -0.15) is 0 Å². The average molecular weight is 208 g/mol. The molecule has 2 aliphatic rings. The van der Waals surface area contributed by atoms with Gasteiger partial charge in [0.2, 0.25) is 0 Å². The molecule has 2 nitrogen and oxygen atoms in total. The van der Waals surface area contributed by atoms with Gasteiger partial charge in [0.1, 0.15) is 0 Å². The second-order valence-electron chi connectivity index (χ2n) is 5.15. The molecule has 2 fully saturated rings. The fourth-order valence-corrected chi connectivity index (χ4v) is 3.35. The third-order valence-electron chi connectivity index (χ3n) is 3.96. The van der Waals surface area contributed by atoms with Crippen LogP contribution in [0.2, 0.25) is 0 Å². The van der Waals surface area contributed by atoms with Gasteiger partial charge < -0.3 is 5.32 Å². The Balaban J connectivity index is 1.87. The SMILES string of the molecule is C=C(CNC)CN1CCCC2CCCC21. The van der Waals surface area contributed by atoms with Gasteiger partial charge in [-0.15, -0.1) is 0 Å². The zero-order valence-electron chi connectivity index (χ0n) is 9.97. The number of rotatable bonds is 4. The molecule has 1 aliphatic heterocycles. The molecule has 1 saturated carbocycles. The normalized spacial score (nSPS) is 31.5. The molecule has 2 heteroatoms. The van der Waals surface area contributed by atoms with E-state index in [4.69, 9.17) is 0 Å². The maximum atomic E-state index is 4.15. The van der Waals surface area contributed by atoms with Gasteiger partial charge in [0.05, 0.1) is 0 Å². The highest BCUT2D eigenvalue weighted by Gasteiger charge is 2.34. The number of hydrogen-bond acceptors (Lipinski definition) is 2. The zero-order chi connectivity index (χ0) is 10.7. The average Bonchev–Trinajstić information content (AvgIpc) is 2.67. The van der Waals surface area contributed by atoms with Crippen LogP contribution in [-0.2, 0) is 0 Å². The highest BCUT2D eigenvalue weighted by molar-refractivity contribution is 5.02. The van der Waals surface area contributed by atoms with E-state index in [-0.39, 0.29) is 0 Å². The van der Waals surface area contributed by atoms with Gasteiger partial charge in [-0.1, -0.05) is 13.0 Å². The maximum absolute atomic E-state index is 4.15. The van der Waals surface area contributed by atoms with E-state index >= 15 is 0 Å². The molecule has 0 radical (unpaired) electrons. The predicted octanol–water partition coefficient (Wildman–Crippen LogP) is 2.03. The first-order valence-corrected chi connectivity index (χ1v) is 6.36. The Kier molecular flexibility index (Phi) is 3.81. The zero-order valence-corrected chi connectivity index (χ0v) is 9.97. The Hall–Kier alpha value is -0.340. The van der Waals surface area contributed by atoms with Crippen LogP contribution in [0.5, 0.6) is 0 Å². The maximum Gasteiger partial charge on any atom is 0.0205 e. The molecular formula is C13H24N2. The van der Waals surface area contributed by atoms with E-state index in [0.29, 0.717) is 0 Å². The van der Waals surface area contributed by atoms with Crippen LogP contribution in [0.15, 0.2) is 12.2 Å². The summed E-state index contributed by atoms with van der Waals surface area (Å²) in [6, 6.07) is 0.882. The topological polar surface area (TPSA) is 15.3 Å².